The average molecular weight is 190 g/mol. The molecule has 0 saturated carbocycles. The maximum absolute atomic E-state index is 11.0. The average Bonchev–Trinajstić information content (AvgIpc) is 2.18. The summed E-state index contributed by atoms with van der Waals surface area (Å²) in [6.07, 6.45) is 1.74. The molecular weight excluding hydrogens is 176 g/mol. The molecule has 0 aliphatic rings. The third-order valence-electron chi connectivity index (χ3n) is 2.19. The zero-order valence-corrected chi connectivity index (χ0v) is 8.27. The third kappa shape index (κ3) is 3.13. The van der Waals surface area contributed by atoms with E-state index >= 15 is 0 Å². The van der Waals surface area contributed by atoms with E-state index in [0.29, 0.717) is 12.8 Å². The van der Waals surface area contributed by atoms with Gasteiger partial charge in [0.15, 0.2) is 0 Å². The second-order valence-corrected chi connectivity index (χ2v) is 3.42. The summed E-state index contributed by atoms with van der Waals surface area (Å²) < 4.78 is 0. The first kappa shape index (κ1) is 10.6. The van der Waals surface area contributed by atoms with Gasteiger partial charge in [-0.2, -0.15) is 0 Å². The predicted octanol–water partition coefficient (Wildman–Crippen LogP) is 2.34. The van der Waals surface area contributed by atoms with Crippen molar-refractivity contribution in [3.63, 3.8) is 0 Å². The van der Waals surface area contributed by atoms with Gasteiger partial charge in [0.1, 0.15) is 12.1 Å². The second-order valence-electron chi connectivity index (χ2n) is 3.42. The lowest BCUT2D eigenvalue weighted by atomic mass is 9.92. The van der Waals surface area contributed by atoms with E-state index in [-0.39, 0.29) is 11.7 Å². The molecule has 2 heteroatoms. The number of hydrogen-bond acceptors (Lipinski definition) is 2. The topological polar surface area (TPSA) is 34.1 Å². The van der Waals surface area contributed by atoms with E-state index in [9.17, 15) is 9.59 Å². The molecule has 74 valence electrons. The Kier molecular flexibility index (Phi) is 4.05. The lowest BCUT2D eigenvalue weighted by Crippen LogP contribution is -2.04. The number of ketones is 1. The minimum absolute atomic E-state index is 0.0474. The molecule has 0 bridgehead atoms. The lowest BCUT2D eigenvalue weighted by molar-refractivity contribution is -0.117. The van der Waals surface area contributed by atoms with Crippen molar-refractivity contribution in [3.05, 3.63) is 35.9 Å². The number of carbonyl (C=O) groups is 2. The van der Waals surface area contributed by atoms with Crippen molar-refractivity contribution in [3.8, 4) is 0 Å². The van der Waals surface area contributed by atoms with Crippen LogP contribution in [0.2, 0.25) is 0 Å². The summed E-state index contributed by atoms with van der Waals surface area (Å²) in [7, 11) is 0. The number of hydrogen-bond donors (Lipinski definition) is 0. The molecule has 2 nitrogen and oxygen atoms in total. The highest BCUT2D eigenvalue weighted by molar-refractivity contribution is 5.77. The van der Waals surface area contributed by atoms with E-state index in [1.54, 1.807) is 6.92 Å². The standard InChI is InChI=1S/C12H14O2/c1-10(14)9-12(7-8-13)11-5-3-2-4-6-11/h2-6,8,12H,7,9H2,1H3/t12-/m1/s1. The Morgan fingerprint density at radius 1 is 1.36 bits per heavy atom. The normalized spacial score (nSPS) is 12.1. The molecule has 1 aromatic rings. The maximum atomic E-state index is 11.0. The van der Waals surface area contributed by atoms with E-state index in [1.807, 2.05) is 30.3 Å². The zero-order valence-electron chi connectivity index (χ0n) is 8.27. The van der Waals surface area contributed by atoms with Crippen molar-refractivity contribution in [2.45, 2.75) is 25.7 Å². The summed E-state index contributed by atoms with van der Waals surface area (Å²) in [4.78, 5) is 21.4. The maximum Gasteiger partial charge on any atom is 0.130 e. The Labute approximate surface area is 83.9 Å². The Morgan fingerprint density at radius 3 is 2.50 bits per heavy atom. The molecule has 0 amide bonds. The molecular formula is C12H14O2. The van der Waals surface area contributed by atoms with Crippen molar-refractivity contribution >= 4 is 12.1 Å². The van der Waals surface area contributed by atoms with Crippen LogP contribution >= 0.6 is 0 Å². The molecule has 1 aromatic carbocycles. The molecule has 1 rings (SSSR count). The molecule has 0 aromatic heterocycles. The minimum atomic E-state index is 0.0474. The number of aldehydes is 1. The van der Waals surface area contributed by atoms with E-state index in [4.69, 9.17) is 0 Å². The Bertz CT molecular complexity index is 303. The van der Waals surface area contributed by atoms with Gasteiger partial charge in [-0.1, -0.05) is 30.3 Å². The summed E-state index contributed by atoms with van der Waals surface area (Å²) >= 11 is 0. The molecule has 0 saturated heterocycles. The lowest BCUT2D eigenvalue weighted by Gasteiger charge is -2.12. The highest BCUT2D eigenvalue weighted by atomic mass is 16.1. The van der Waals surface area contributed by atoms with Gasteiger partial charge in [-0.25, -0.2) is 0 Å². The monoisotopic (exact) mass is 190 g/mol. The van der Waals surface area contributed by atoms with Gasteiger partial charge < -0.3 is 9.59 Å². The molecule has 0 radical (unpaired) electrons. The minimum Gasteiger partial charge on any atom is -0.303 e. The van der Waals surface area contributed by atoms with E-state index in [2.05, 4.69) is 0 Å². The molecule has 1 atom stereocenters. The quantitative estimate of drug-likeness (QED) is 0.668. The molecule has 14 heavy (non-hydrogen) atoms. The van der Waals surface area contributed by atoms with Gasteiger partial charge in [0, 0.05) is 12.8 Å². The van der Waals surface area contributed by atoms with Gasteiger partial charge in [-0.3, -0.25) is 0 Å². The van der Waals surface area contributed by atoms with Crippen LogP contribution in [0.4, 0.5) is 0 Å². The van der Waals surface area contributed by atoms with Crippen molar-refractivity contribution in [2.24, 2.45) is 0 Å². The first-order valence-corrected chi connectivity index (χ1v) is 4.72. The van der Waals surface area contributed by atoms with Crippen LogP contribution in [-0.2, 0) is 9.59 Å². The molecule has 0 heterocycles. The van der Waals surface area contributed by atoms with Crippen LogP contribution in [0.25, 0.3) is 0 Å². The fourth-order valence-electron chi connectivity index (χ4n) is 1.53. The van der Waals surface area contributed by atoms with Crippen molar-refractivity contribution in [1.82, 2.24) is 0 Å². The smallest absolute Gasteiger partial charge is 0.130 e. The number of benzene rings is 1. The Hall–Kier alpha value is -1.44. The first-order chi connectivity index (χ1) is 6.74. The molecule has 0 aliphatic carbocycles. The number of Topliss-reactive ketones (excluding diaryl/α,β-unsaturated/α-hetero) is 1. The predicted molar refractivity (Wildman–Crippen MR) is 55.2 cm³/mol. The largest absolute Gasteiger partial charge is 0.303 e. The van der Waals surface area contributed by atoms with Crippen LogP contribution in [0.3, 0.4) is 0 Å². The van der Waals surface area contributed by atoms with Gasteiger partial charge in [0.2, 0.25) is 0 Å². The van der Waals surface area contributed by atoms with Gasteiger partial charge in [0.25, 0.3) is 0 Å². The van der Waals surface area contributed by atoms with Crippen LogP contribution in [0.1, 0.15) is 31.2 Å². The van der Waals surface area contributed by atoms with E-state index in [1.165, 1.54) is 0 Å². The Morgan fingerprint density at radius 2 is 2.00 bits per heavy atom. The molecule has 0 unspecified atom stereocenters. The van der Waals surface area contributed by atoms with Crippen LogP contribution in [0.5, 0.6) is 0 Å². The number of carbonyl (C=O) groups excluding carboxylic acids is 2. The summed E-state index contributed by atoms with van der Waals surface area (Å²) in [5.41, 5.74) is 1.06. The molecule has 0 N–H and O–H groups in total. The van der Waals surface area contributed by atoms with Crippen LogP contribution in [0, 0.1) is 0 Å². The number of rotatable bonds is 5. The van der Waals surface area contributed by atoms with Crippen molar-refractivity contribution < 1.29 is 9.59 Å². The highest BCUT2D eigenvalue weighted by Crippen LogP contribution is 2.22. The van der Waals surface area contributed by atoms with Gasteiger partial charge in [-0.15, -0.1) is 0 Å². The zero-order chi connectivity index (χ0) is 10.4. The SMILES string of the molecule is CC(=O)C[C@@H](CC=O)c1ccccc1. The molecule has 0 aliphatic heterocycles. The molecule has 0 fully saturated rings. The van der Waals surface area contributed by atoms with E-state index in [0.717, 1.165) is 11.8 Å². The second kappa shape index (κ2) is 5.32. The summed E-state index contributed by atoms with van der Waals surface area (Å²) in [5, 5.41) is 0. The van der Waals surface area contributed by atoms with Crippen molar-refractivity contribution in [2.75, 3.05) is 0 Å². The fraction of sp³-hybridized carbons (Fsp3) is 0.333. The van der Waals surface area contributed by atoms with Crippen molar-refractivity contribution in [1.29, 1.82) is 0 Å². The van der Waals surface area contributed by atoms with E-state index < -0.39 is 0 Å². The summed E-state index contributed by atoms with van der Waals surface area (Å²) in [6, 6.07) is 9.68. The fourth-order valence-corrected chi connectivity index (χ4v) is 1.53. The summed E-state index contributed by atoms with van der Waals surface area (Å²) in [5.74, 6) is 0.173. The van der Waals surface area contributed by atoms with Gasteiger partial charge in [-0.05, 0) is 18.4 Å². The molecule has 0 spiro atoms. The third-order valence-corrected chi connectivity index (χ3v) is 2.19. The van der Waals surface area contributed by atoms with Gasteiger partial charge >= 0.3 is 0 Å². The van der Waals surface area contributed by atoms with Crippen LogP contribution in [0.15, 0.2) is 30.3 Å². The van der Waals surface area contributed by atoms with Crippen LogP contribution in [-0.4, -0.2) is 12.1 Å². The first-order valence-electron chi connectivity index (χ1n) is 4.72. The Balaban J connectivity index is 2.77. The van der Waals surface area contributed by atoms with Crippen LogP contribution < -0.4 is 0 Å². The summed E-state index contributed by atoms with van der Waals surface area (Å²) in [6.45, 7) is 1.56. The van der Waals surface area contributed by atoms with Gasteiger partial charge in [0.05, 0.1) is 0 Å². The highest BCUT2D eigenvalue weighted by Gasteiger charge is 2.12.